The van der Waals surface area contributed by atoms with Crippen molar-refractivity contribution in [3.63, 3.8) is 0 Å². The van der Waals surface area contributed by atoms with Crippen molar-refractivity contribution < 1.29 is 0 Å². The molecule has 16 rings (SSSR count). The van der Waals surface area contributed by atoms with E-state index in [9.17, 15) is 36.8 Å². The lowest BCUT2D eigenvalue weighted by Crippen LogP contribution is -2.02. The highest BCUT2D eigenvalue weighted by Gasteiger charge is 2.27. The lowest BCUT2D eigenvalue weighted by Gasteiger charge is -2.20. The fourth-order valence-electron chi connectivity index (χ4n) is 14.8. The molecule has 0 fully saturated rings. The number of nitriles is 7. The summed E-state index contributed by atoms with van der Waals surface area (Å²) in [4.78, 5) is 38.2. The first-order valence-electron chi connectivity index (χ1n) is 34.1. The van der Waals surface area contributed by atoms with Gasteiger partial charge in [-0.3, -0.25) is 0 Å². The number of rotatable bonds is 11. The van der Waals surface area contributed by atoms with Gasteiger partial charge >= 0.3 is 0 Å². The van der Waals surface area contributed by atoms with Crippen molar-refractivity contribution in [1.82, 2.24) is 24.1 Å². The highest BCUT2D eigenvalue weighted by molar-refractivity contribution is 6.15. The van der Waals surface area contributed by atoms with Crippen LogP contribution in [0.3, 0.4) is 0 Å². The Morgan fingerprint density at radius 3 is 0.929 bits per heavy atom. The zero-order valence-corrected chi connectivity index (χ0v) is 58.1. The van der Waals surface area contributed by atoms with Crippen molar-refractivity contribution in [3.8, 4) is 155 Å². The molecule has 0 aliphatic heterocycles. The van der Waals surface area contributed by atoms with E-state index < -0.39 is 0 Å². The smallest absolute Gasteiger partial charge is 0.197 e. The quantitative estimate of drug-likeness (QED) is 0.111. The molecule has 16 aromatic rings. The van der Waals surface area contributed by atoms with E-state index in [0.717, 1.165) is 11.1 Å². The first-order chi connectivity index (χ1) is 54.9. The molecule has 0 bridgehead atoms. The van der Waals surface area contributed by atoms with Gasteiger partial charge in [-0.05, 0) is 161 Å². The highest BCUT2D eigenvalue weighted by atomic mass is 15.0. The molecule has 0 spiro atoms. The van der Waals surface area contributed by atoms with Gasteiger partial charge < -0.3 is 9.13 Å². The second-order valence-corrected chi connectivity index (χ2v) is 25.7. The highest BCUT2D eigenvalue weighted by Crippen LogP contribution is 2.49. The van der Waals surface area contributed by atoms with Crippen LogP contribution in [0.15, 0.2) is 243 Å². The van der Waals surface area contributed by atoms with Crippen molar-refractivity contribution in [3.05, 3.63) is 350 Å². The summed E-state index contributed by atoms with van der Waals surface area (Å²) < 4.78 is 4.16. The summed E-state index contributed by atoms with van der Waals surface area (Å²) in [6, 6.07) is 87.4. The summed E-state index contributed by atoms with van der Waals surface area (Å²) in [6.45, 7) is 49.5. The van der Waals surface area contributed by atoms with Crippen molar-refractivity contribution in [2.45, 2.75) is 0 Å². The predicted octanol–water partition coefficient (Wildman–Crippen LogP) is 23.5. The molecule has 3 aromatic heterocycles. The van der Waals surface area contributed by atoms with E-state index in [2.05, 4.69) is 80.7 Å². The van der Waals surface area contributed by atoms with Gasteiger partial charge in [0, 0.05) is 93.9 Å². The normalized spacial score (nSPS) is 10.6. The first kappa shape index (κ1) is 68.3. The Kier molecular flexibility index (Phi) is 17.1. The maximum atomic E-state index is 10.7. The van der Waals surface area contributed by atoms with E-state index >= 15 is 0 Å². The monoisotopic (exact) mass is 1420 g/mol. The van der Waals surface area contributed by atoms with Crippen LogP contribution in [0.4, 0.5) is 34.1 Å². The molecule has 0 atom stereocenters. The molecule has 0 unspecified atom stereocenters. The van der Waals surface area contributed by atoms with Crippen molar-refractivity contribution in [1.29, 1.82) is 36.8 Å². The average molecular weight is 1420 g/mol. The maximum Gasteiger partial charge on any atom is 0.197 e. The largest absolute Gasteiger partial charge is 0.309 e. The second-order valence-electron chi connectivity index (χ2n) is 25.7. The Balaban J connectivity index is 1.01. The van der Waals surface area contributed by atoms with E-state index in [1.165, 1.54) is 48.5 Å². The number of fused-ring (bicyclic) bond motifs is 6. The Morgan fingerprint density at radius 2 is 0.571 bits per heavy atom. The van der Waals surface area contributed by atoms with Gasteiger partial charge in [-0.15, -0.1) is 0 Å². The molecule has 112 heavy (non-hydrogen) atoms. The third-order valence-electron chi connectivity index (χ3n) is 19.6. The minimum atomic E-state index is 0.0817. The number of hydrogen-bond acceptors (Lipinski definition) is 10. The van der Waals surface area contributed by atoms with Gasteiger partial charge in [-0.1, -0.05) is 115 Å². The van der Waals surface area contributed by atoms with Crippen LogP contribution in [0.25, 0.3) is 185 Å². The van der Waals surface area contributed by atoms with Crippen LogP contribution in [-0.2, 0) is 0 Å². The van der Waals surface area contributed by atoms with Crippen molar-refractivity contribution in [2.75, 3.05) is 0 Å². The molecular weight excluding hydrogens is 1380 g/mol. The summed E-state index contributed by atoms with van der Waals surface area (Å²) in [6.07, 6.45) is 0. The van der Waals surface area contributed by atoms with Crippen molar-refractivity contribution >= 4 is 77.7 Å². The van der Waals surface area contributed by atoms with E-state index in [0.29, 0.717) is 150 Å². The zero-order valence-electron chi connectivity index (χ0n) is 58.1. The molecule has 0 N–H and O–H groups in total. The molecule has 0 amide bonds. The Labute approximate surface area is 639 Å². The Hall–Kier alpha value is -18.2. The van der Waals surface area contributed by atoms with Gasteiger partial charge in [-0.2, -0.15) is 36.8 Å². The summed E-state index contributed by atoms with van der Waals surface area (Å²) in [5, 5.41) is 75.3. The van der Waals surface area contributed by atoms with E-state index in [4.69, 9.17) is 54.4 Å². The van der Waals surface area contributed by atoms with Crippen LogP contribution in [0.5, 0.6) is 0 Å². The Bertz CT molecular complexity index is 6990. The fraction of sp³-hybridized carbons (Fsp3) is 0. The van der Waals surface area contributed by atoms with Gasteiger partial charge in [0.25, 0.3) is 0 Å². The molecular formula is C94H40N18. The van der Waals surface area contributed by atoms with E-state index in [1.807, 2.05) is 182 Å². The third-order valence-corrected chi connectivity index (χ3v) is 19.6. The minimum Gasteiger partial charge on any atom is -0.309 e. The molecule has 18 nitrogen and oxygen atoms in total. The molecule has 0 saturated carbocycles. The van der Waals surface area contributed by atoms with Crippen LogP contribution in [0, 0.1) is 119 Å². The summed E-state index contributed by atoms with van der Waals surface area (Å²) >= 11 is 0. The van der Waals surface area contributed by atoms with E-state index in [-0.39, 0.29) is 67.4 Å². The van der Waals surface area contributed by atoms with Crippen molar-refractivity contribution in [2.24, 2.45) is 0 Å². The fourth-order valence-corrected chi connectivity index (χ4v) is 14.8. The third kappa shape index (κ3) is 11.6. The summed E-state index contributed by atoms with van der Waals surface area (Å²) in [5.74, 6) is 1.16. The minimum absolute atomic E-state index is 0.0817. The summed E-state index contributed by atoms with van der Waals surface area (Å²) in [5.41, 5.74) is 13.2. The van der Waals surface area contributed by atoms with Crippen LogP contribution in [0.2, 0.25) is 0 Å². The molecule has 0 saturated heterocycles. The SMILES string of the molecule is [C-]#[N+]c1cccc(-c2cc(-c3cc(-c4nc(-c5ccccc5)nc(-c5ccccc5)n4)ccc3-n3c4ccc(-c5c(C#N)cc(C#N)cc5[N+]#[C-])cc4c4cc(-c5c(C#N)cc([N+]#[C-])cc5[N+]#[C-])ccc43)ccc2-n2c3ccc(-c4c(C#N)cc(C#N)cc4[N+]#[C-])cc3c3cc(-c4c(C#N)cc(C#N)cc4[N+]#[C-])ccc32)c1. The number of aromatic nitrogens is 5. The summed E-state index contributed by atoms with van der Waals surface area (Å²) in [7, 11) is 0. The molecule has 3 heterocycles. The van der Waals surface area contributed by atoms with Gasteiger partial charge in [0.2, 0.25) is 0 Å². The molecule has 0 radical (unpaired) electrons. The first-order valence-corrected chi connectivity index (χ1v) is 34.1. The van der Waals surface area contributed by atoms with E-state index in [1.54, 1.807) is 12.1 Å². The predicted molar refractivity (Wildman–Crippen MR) is 428 cm³/mol. The molecule has 18 heteroatoms. The molecule has 0 aliphatic rings. The van der Waals surface area contributed by atoms with Crippen LogP contribution < -0.4 is 0 Å². The van der Waals surface area contributed by atoms with Crippen LogP contribution in [-0.4, -0.2) is 24.1 Å². The van der Waals surface area contributed by atoms with Gasteiger partial charge in [0.1, 0.15) is 0 Å². The molecule has 0 aliphatic carbocycles. The maximum absolute atomic E-state index is 10.7. The topological polar surface area (TPSA) is 241 Å². The van der Waals surface area contributed by atoms with Gasteiger partial charge in [0.05, 0.1) is 132 Å². The Morgan fingerprint density at radius 1 is 0.250 bits per heavy atom. The second kappa shape index (κ2) is 28.1. The number of hydrogen-bond donors (Lipinski definition) is 0. The van der Waals surface area contributed by atoms with Gasteiger partial charge in [0.15, 0.2) is 51.6 Å². The standard InChI is InChI=1S/C94H40N18/c1-102-70-19-13-18-59(38-70)72-40-60(20-26-82(72)111-84-27-21-61(88-66(50-98)32-54(47-95)35-78(88)104-3)41-74(84)75-42-62(22-28-85(75)111)89-67(51-99)33-55(48-96)36-79(89)105-4)73-45-65(94-109-92(57-14-9-7-10-15-57)108-93(110-94)58-16-11-8-12-17-58)25-31-83(73)112-86-29-23-63(90-68(52-100)34-56(49-97)37-80(90)106-5)43-76(86)77-44-64(24-30-87(77)112)91-69(53-101)39-71(103-2)46-81(91)107-6/h7-46H. The average Bonchev–Trinajstić information content (AvgIpc) is 1.57. The lowest BCUT2D eigenvalue weighted by atomic mass is 9.93. The zero-order chi connectivity index (χ0) is 77.4. The number of nitrogens with zero attached hydrogens (tertiary/aromatic N) is 18. The lowest BCUT2D eigenvalue weighted by molar-refractivity contribution is 1.07. The van der Waals surface area contributed by atoms with Gasteiger partial charge in [-0.25, -0.2) is 44.0 Å². The molecule has 506 valence electrons. The number of benzene rings is 13. The molecule has 13 aromatic carbocycles. The van der Waals surface area contributed by atoms with Crippen LogP contribution in [0.1, 0.15) is 38.9 Å². The van der Waals surface area contributed by atoms with Crippen LogP contribution >= 0.6 is 0 Å².